The number of hydrogen-bond donors (Lipinski definition) is 3. The van der Waals surface area contributed by atoms with Crippen molar-refractivity contribution in [2.75, 3.05) is 4.72 Å². The molecule has 3 aromatic rings. The number of sulfonamides is 1. The third-order valence-corrected chi connectivity index (χ3v) is 4.74. The fourth-order valence-corrected chi connectivity index (χ4v) is 3.20. The summed E-state index contributed by atoms with van der Waals surface area (Å²) < 4.78 is 28.7. The van der Waals surface area contributed by atoms with E-state index < -0.39 is 15.9 Å². The van der Waals surface area contributed by atoms with Crippen LogP contribution in [0.3, 0.4) is 0 Å². The van der Waals surface area contributed by atoms with Crippen LogP contribution in [0.25, 0.3) is 5.69 Å². The molecule has 0 unspecified atom stereocenters. The number of benzene rings is 2. The first-order valence-electron chi connectivity index (χ1n) is 7.13. The van der Waals surface area contributed by atoms with Crippen molar-refractivity contribution in [1.82, 2.24) is 9.78 Å². The van der Waals surface area contributed by atoms with Crippen molar-refractivity contribution in [3.63, 3.8) is 0 Å². The normalized spacial score (nSPS) is 11.2. The van der Waals surface area contributed by atoms with Crippen molar-refractivity contribution >= 4 is 21.7 Å². The minimum Gasteiger partial charge on any atom is -0.507 e. The van der Waals surface area contributed by atoms with Crippen LogP contribution in [0, 0.1) is 0 Å². The van der Waals surface area contributed by atoms with Crippen molar-refractivity contribution in [3.8, 4) is 11.4 Å². The van der Waals surface area contributed by atoms with Crippen LogP contribution >= 0.6 is 0 Å². The largest absolute Gasteiger partial charge is 0.507 e. The molecule has 0 aliphatic rings. The van der Waals surface area contributed by atoms with Crippen LogP contribution in [0.5, 0.6) is 5.75 Å². The quantitative estimate of drug-likeness (QED) is 0.636. The molecule has 25 heavy (non-hydrogen) atoms. The standard InChI is InChI=1S/C16H14N4O4S/c17-16(22)13-10-12(6-7-14(13)21)25(23,24)19-15-8-9-20(18-15)11-4-2-1-3-5-11/h1-10,21H,(H2,17,22)(H,18,19). The maximum Gasteiger partial charge on any atom is 0.263 e. The van der Waals surface area contributed by atoms with Gasteiger partial charge in [0.15, 0.2) is 5.82 Å². The van der Waals surface area contributed by atoms with Gasteiger partial charge in [0.1, 0.15) is 5.75 Å². The Morgan fingerprint density at radius 1 is 1.12 bits per heavy atom. The maximum atomic E-state index is 12.4. The molecule has 0 aliphatic heterocycles. The van der Waals surface area contributed by atoms with Gasteiger partial charge in [-0.25, -0.2) is 13.1 Å². The van der Waals surface area contributed by atoms with E-state index in [-0.39, 0.29) is 22.0 Å². The number of primary amides is 1. The second kappa shape index (κ2) is 6.29. The summed E-state index contributed by atoms with van der Waals surface area (Å²) >= 11 is 0. The Balaban J connectivity index is 1.89. The van der Waals surface area contributed by atoms with Crippen molar-refractivity contribution in [1.29, 1.82) is 0 Å². The van der Waals surface area contributed by atoms with Gasteiger partial charge in [-0.3, -0.25) is 9.52 Å². The van der Waals surface area contributed by atoms with Gasteiger partial charge < -0.3 is 10.8 Å². The van der Waals surface area contributed by atoms with E-state index in [1.165, 1.54) is 10.7 Å². The van der Waals surface area contributed by atoms with E-state index in [1.807, 2.05) is 30.3 Å². The van der Waals surface area contributed by atoms with Crippen molar-refractivity contribution in [2.45, 2.75) is 4.90 Å². The number of hydrogen-bond acceptors (Lipinski definition) is 5. The van der Waals surface area contributed by atoms with Crippen LogP contribution < -0.4 is 10.5 Å². The summed E-state index contributed by atoms with van der Waals surface area (Å²) in [5.74, 6) is -1.21. The number of aromatic hydroxyl groups is 1. The topological polar surface area (TPSA) is 127 Å². The minimum atomic E-state index is -4.00. The fraction of sp³-hybridized carbons (Fsp3) is 0. The predicted molar refractivity (Wildman–Crippen MR) is 91.0 cm³/mol. The van der Waals surface area contributed by atoms with Crippen LogP contribution in [0.1, 0.15) is 10.4 Å². The Labute approximate surface area is 143 Å². The number of phenols is 1. The highest BCUT2D eigenvalue weighted by atomic mass is 32.2. The highest BCUT2D eigenvalue weighted by Crippen LogP contribution is 2.22. The number of anilines is 1. The average molecular weight is 358 g/mol. The third kappa shape index (κ3) is 3.45. The highest BCUT2D eigenvalue weighted by Gasteiger charge is 2.19. The summed E-state index contributed by atoms with van der Waals surface area (Å²) in [5, 5.41) is 13.7. The molecule has 0 fully saturated rings. The lowest BCUT2D eigenvalue weighted by atomic mass is 10.2. The summed E-state index contributed by atoms with van der Waals surface area (Å²) in [7, 11) is -4.00. The predicted octanol–water partition coefficient (Wildman–Crippen LogP) is 1.48. The van der Waals surface area contributed by atoms with Crippen LogP contribution in [0.2, 0.25) is 0 Å². The summed E-state index contributed by atoms with van der Waals surface area (Å²) in [4.78, 5) is 11.0. The first-order valence-corrected chi connectivity index (χ1v) is 8.62. The first-order chi connectivity index (χ1) is 11.9. The lowest BCUT2D eigenvalue weighted by Gasteiger charge is -2.08. The van der Waals surface area contributed by atoms with Crippen LogP contribution in [0.4, 0.5) is 5.82 Å². The van der Waals surface area contributed by atoms with E-state index in [9.17, 15) is 18.3 Å². The Bertz CT molecular complexity index is 1030. The van der Waals surface area contributed by atoms with Gasteiger partial charge in [0.05, 0.1) is 16.1 Å². The molecule has 0 saturated heterocycles. The zero-order valence-electron chi connectivity index (χ0n) is 12.8. The maximum absolute atomic E-state index is 12.4. The highest BCUT2D eigenvalue weighted by molar-refractivity contribution is 7.92. The number of para-hydroxylation sites is 1. The van der Waals surface area contributed by atoms with Crippen LogP contribution in [-0.4, -0.2) is 29.2 Å². The molecule has 0 spiro atoms. The molecule has 4 N–H and O–H groups in total. The monoisotopic (exact) mass is 358 g/mol. The molecular weight excluding hydrogens is 344 g/mol. The van der Waals surface area contributed by atoms with Gasteiger partial charge in [-0.05, 0) is 30.3 Å². The van der Waals surface area contributed by atoms with Gasteiger partial charge in [0.2, 0.25) is 0 Å². The summed E-state index contributed by atoms with van der Waals surface area (Å²) in [6, 6.07) is 13.9. The van der Waals surface area contributed by atoms with Gasteiger partial charge in [-0.2, -0.15) is 0 Å². The van der Waals surface area contributed by atoms with Gasteiger partial charge in [0.25, 0.3) is 15.9 Å². The van der Waals surface area contributed by atoms with Crippen molar-refractivity contribution < 1.29 is 18.3 Å². The van der Waals surface area contributed by atoms with Crippen LogP contribution in [0.15, 0.2) is 65.7 Å². The molecule has 1 heterocycles. The number of rotatable bonds is 5. The Morgan fingerprint density at radius 3 is 2.52 bits per heavy atom. The molecule has 1 amide bonds. The molecule has 2 aromatic carbocycles. The molecule has 1 aromatic heterocycles. The molecule has 0 bridgehead atoms. The Hall–Kier alpha value is -3.33. The molecule has 0 radical (unpaired) electrons. The number of carbonyl (C=O) groups is 1. The summed E-state index contributed by atoms with van der Waals surface area (Å²) in [6.45, 7) is 0. The van der Waals surface area contributed by atoms with Crippen LogP contribution in [-0.2, 0) is 10.0 Å². The molecule has 0 atom stereocenters. The molecule has 0 saturated carbocycles. The minimum absolute atomic E-state index is 0.109. The van der Waals surface area contributed by atoms with E-state index in [4.69, 9.17) is 5.73 Å². The summed E-state index contributed by atoms with van der Waals surface area (Å²) in [5.41, 5.74) is 5.61. The zero-order chi connectivity index (χ0) is 18.0. The van der Waals surface area contributed by atoms with E-state index in [2.05, 4.69) is 9.82 Å². The molecule has 0 aliphatic carbocycles. The van der Waals surface area contributed by atoms with Gasteiger partial charge in [0, 0.05) is 12.3 Å². The van der Waals surface area contributed by atoms with Crippen molar-refractivity contribution in [2.24, 2.45) is 5.73 Å². The third-order valence-electron chi connectivity index (χ3n) is 3.39. The summed E-state index contributed by atoms with van der Waals surface area (Å²) in [6.07, 6.45) is 1.61. The fourth-order valence-electron chi connectivity index (χ4n) is 2.18. The SMILES string of the molecule is NC(=O)c1cc(S(=O)(=O)Nc2ccn(-c3ccccc3)n2)ccc1O. The Morgan fingerprint density at radius 2 is 1.84 bits per heavy atom. The molecule has 8 nitrogen and oxygen atoms in total. The molecule has 9 heteroatoms. The first kappa shape index (κ1) is 16.5. The molecule has 3 rings (SSSR count). The Kier molecular flexibility index (Phi) is 4.15. The van der Waals surface area contributed by atoms with E-state index in [1.54, 1.807) is 6.20 Å². The second-order valence-electron chi connectivity index (χ2n) is 5.13. The number of nitrogens with two attached hydrogens (primary N) is 1. The van der Waals surface area contributed by atoms with Gasteiger partial charge in [-0.1, -0.05) is 18.2 Å². The second-order valence-corrected chi connectivity index (χ2v) is 6.81. The van der Waals surface area contributed by atoms with Crippen molar-refractivity contribution in [3.05, 3.63) is 66.4 Å². The molecule has 128 valence electrons. The number of carbonyl (C=O) groups excluding carboxylic acids is 1. The lowest BCUT2D eigenvalue weighted by molar-refractivity contribution is 0.0997. The average Bonchev–Trinajstić information content (AvgIpc) is 3.03. The molecular formula is C16H14N4O4S. The van der Waals surface area contributed by atoms with E-state index in [0.717, 1.165) is 23.9 Å². The smallest absolute Gasteiger partial charge is 0.263 e. The number of nitrogens with zero attached hydrogens (tertiary/aromatic N) is 2. The van der Waals surface area contributed by atoms with E-state index >= 15 is 0 Å². The van der Waals surface area contributed by atoms with E-state index in [0.29, 0.717) is 0 Å². The lowest BCUT2D eigenvalue weighted by Crippen LogP contribution is -2.16. The van der Waals surface area contributed by atoms with Gasteiger partial charge >= 0.3 is 0 Å². The number of nitrogens with one attached hydrogen (secondary N) is 1. The van der Waals surface area contributed by atoms with Gasteiger partial charge in [-0.15, -0.1) is 5.10 Å². The zero-order valence-corrected chi connectivity index (χ0v) is 13.6. The number of aromatic nitrogens is 2. The number of amides is 1.